The summed E-state index contributed by atoms with van der Waals surface area (Å²) < 4.78 is 46.2. The fourth-order valence-electron chi connectivity index (χ4n) is 0.882. The van der Waals surface area contributed by atoms with E-state index in [1.54, 1.807) is 0 Å². The van der Waals surface area contributed by atoms with Crippen molar-refractivity contribution in [3.63, 3.8) is 0 Å². The first-order valence-electron chi connectivity index (χ1n) is 3.75. The van der Waals surface area contributed by atoms with Gasteiger partial charge in [-0.3, -0.25) is 0 Å². The van der Waals surface area contributed by atoms with Gasteiger partial charge in [-0.15, -0.1) is 6.07 Å². The quantitative estimate of drug-likeness (QED) is 0.405. The number of ether oxygens (including phenoxy) is 2. The molecule has 0 aliphatic carbocycles. The Morgan fingerprint density at radius 1 is 1.40 bits per heavy atom. The van der Waals surface area contributed by atoms with Gasteiger partial charge in [0.1, 0.15) is 0 Å². The SMILES string of the molecule is COCOc1[c-]cccc1C(F)(F)F.[K+]. The van der Waals surface area contributed by atoms with Crippen molar-refractivity contribution in [3.8, 4) is 5.75 Å². The predicted octanol–water partition coefficient (Wildman–Crippen LogP) is -0.508. The van der Waals surface area contributed by atoms with Crippen molar-refractivity contribution in [2.24, 2.45) is 0 Å². The third kappa shape index (κ3) is 4.84. The fraction of sp³-hybridized carbons (Fsp3) is 0.333. The molecule has 1 aromatic carbocycles. The van der Waals surface area contributed by atoms with Crippen molar-refractivity contribution >= 4 is 0 Å². The monoisotopic (exact) mass is 244 g/mol. The number of alkyl halides is 3. The largest absolute Gasteiger partial charge is 1.00 e. The van der Waals surface area contributed by atoms with E-state index in [2.05, 4.69) is 10.8 Å². The molecule has 15 heavy (non-hydrogen) atoms. The van der Waals surface area contributed by atoms with Crippen LogP contribution in [0.15, 0.2) is 18.2 Å². The van der Waals surface area contributed by atoms with E-state index in [4.69, 9.17) is 4.74 Å². The first-order chi connectivity index (χ1) is 6.55. The Balaban J connectivity index is 0.00000196. The first kappa shape index (κ1) is 15.4. The number of rotatable bonds is 3. The van der Waals surface area contributed by atoms with E-state index < -0.39 is 11.7 Å². The van der Waals surface area contributed by atoms with Gasteiger partial charge in [-0.25, -0.2) is 0 Å². The summed E-state index contributed by atoms with van der Waals surface area (Å²) in [6.07, 6.45) is -4.43. The summed E-state index contributed by atoms with van der Waals surface area (Å²) >= 11 is 0. The zero-order valence-electron chi connectivity index (χ0n) is 8.39. The third-order valence-electron chi connectivity index (χ3n) is 1.44. The van der Waals surface area contributed by atoms with Gasteiger partial charge in [0.05, 0.1) is 0 Å². The summed E-state index contributed by atoms with van der Waals surface area (Å²) in [5, 5.41) is 0. The number of hydrogen-bond acceptors (Lipinski definition) is 2. The van der Waals surface area contributed by atoms with Gasteiger partial charge in [0, 0.05) is 12.9 Å². The number of hydrogen-bond donors (Lipinski definition) is 0. The van der Waals surface area contributed by atoms with Crippen molar-refractivity contribution in [2.45, 2.75) is 6.18 Å². The molecule has 0 amide bonds. The molecule has 0 aliphatic heterocycles. The van der Waals surface area contributed by atoms with Crippen LogP contribution in [0.4, 0.5) is 13.2 Å². The Bertz CT molecular complexity index is 302. The summed E-state index contributed by atoms with van der Waals surface area (Å²) in [5.74, 6) is -0.346. The van der Waals surface area contributed by atoms with Gasteiger partial charge in [0.15, 0.2) is 6.79 Å². The molecule has 0 N–H and O–H groups in total. The van der Waals surface area contributed by atoms with Crippen LogP contribution in [0, 0.1) is 6.07 Å². The second kappa shape index (κ2) is 6.88. The zero-order chi connectivity index (χ0) is 10.6. The van der Waals surface area contributed by atoms with Crippen LogP contribution in [0.25, 0.3) is 0 Å². The van der Waals surface area contributed by atoms with E-state index in [0.29, 0.717) is 0 Å². The summed E-state index contributed by atoms with van der Waals surface area (Å²) in [4.78, 5) is 0. The number of halogens is 3. The molecule has 0 aliphatic rings. The smallest absolute Gasteiger partial charge is 0.493 e. The van der Waals surface area contributed by atoms with Gasteiger partial charge in [-0.2, -0.15) is 31.4 Å². The maximum absolute atomic E-state index is 12.3. The molecule has 0 heterocycles. The maximum Gasteiger partial charge on any atom is 1.00 e. The molecule has 0 unspecified atom stereocenters. The van der Waals surface area contributed by atoms with Crippen LogP contribution in [0.3, 0.4) is 0 Å². The van der Waals surface area contributed by atoms with Crippen LogP contribution in [0.2, 0.25) is 0 Å². The minimum absolute atomic E-state index is 0. The maximum atomic E-state index is 12.3. The molecular formula is C9H8F3KO2. The molecule has 0 aromatic heterocycles. The van der Waals surface area contributed by atoms with Gasteiger partial charge in [-0.05, 0) is 5.56 Å². The molecule has 0 bridgehead atoms. The summed E-state index contributed by atoms with van der Waals surface area (Å²) in [6.45, 7) is -0.233. The van der Waals surface area contributed by atoms with E-state index in [9.17, 15) is 13.2 Å². The van der Waals surface area contributed by atoms with Crippen molar-refractivity contribution in [2.75, 3.05) is 13.9 Å². The molecule has 1 aromatic rings. The molecule has 2 nitrogen and oxygen atoms in total. The third-order valence-corrected chi connectivity index (χ3v) is 1.44. The molecular weight excluding hydrogens is 236 g/mol. The molecule has 0 radical (unpaired) electrons. The summed E-state index contributed by atoms with van der Waals surface area (Å²) in [7, 11) is 1.33. The van der Waals surface area contributed by atoms with E-state index >= 15 is 0 Å². The second-order valence-electron chi connectivity index (χ2n) is 2.46. The Kier molecular flexibility index (Phi) is 7.06. The zero-order valence-corrected chi connectivity index (χ0v) is 11.5. The van der Waals surface area contributed by atoms with E-state index in [0.717, 1.165) is 6.07 Å². The molecule has 0 spiro atoms. The standard InChI is InChI=1S/C9H8F3O2.K/c1-13-6-14-8-5-3-2-4-7(8)9(10,11)12;/h2-4H,6H2,1H3;/q-1;+1. The topological polar surface area (TPSA) is 18.5 Å². The Hall–Kier alpha value is 0.406. The van der Waals surface area contributed by atoms with Crippen molar-refractivity contribution in [1.29, 1.82) is 0 Å². The van der Waals surface area contributed by atoms with Crippen LogP contribution >= 0.6 is 0 Å². The van der Waals surface area contributed by atoms with Gasteiger partial charge in [0.2, 0.25) is 0 Å². The molecule has 1 rings (SSSR count). The van der Waals surface area contributed by atoms with Crippen LogP contribution in [-0.4, -0.2) is 13.9 Å². The average Bonchev–Trinajstić information content (AvgIpc) is 2.14. The van der Waals surface area contributed by atoms with E-state index in [-0.39, 0.29) is 63.9 Å². The Labute approximate surface area is 128 Å². The first-order valence-corrected chi connectivity index (χ1v) is 3.75. The van der Waals surface area contributed by atoms with E-state index in [1.807, 2.05) is 0 Å². The van der Waals surface area contributed by atoms with Gasteiger partial charge in [-0.1, -0.05) is 0 Å². The fourth-order valence-corrected chi connectivity index (χ4v) is 0.882. The van der Waals surface area contributed by atoms with Gasteiger partial charge >= 0.3 is 57.6 Å². The normalized spacial score (nSPS) is 10.7. The molecule has 6 heteroatoms. The second-order valence-corrected chi connectivity index (χ2v) is 2.46. The minimum atomic E-state index is -4.43. The van der Waals surface area contributed by atoms with Crippen molar-refractivity contribution < 1.29 is 74.0 Å². The van der Waals surface area contributed by atoms with Gasteiger partial charge in [0.25, 0.3) is 0 Å². The van der Waals surface area contributed by atoms with Crippen molar-refractivity contribution in [1.82, 2.24) is 0 Å². The molecule has 78 valence electrons. The van der Waals surface area contributed by atoms with Crippen LogP contribution in [0.5, 0.6) is 5.75 Å². The summed E-state index contributed by atoms with van der Waals surface area (Å²) in [6, 6.07) is 5.89. The van der Waals surface area contributed by atoms with Crippen LogP contribution < -0.4 is 56.1 Å². The Morgan fingerprint density at radius 2 is 2.07 bits per heavy atom. The number of methoxy groups -OCH3 is 1. The Morgan fingerprint density at radius 3 is 2.60 bits per heavy atom. The molecule has 0 saturated carbocycles. The van der Waals surface area contributed by atoms with Crippen LogP contribution in [0.1, 0.15) is 5.56 Å². The van der Waals surface area contributed by atoms with Crippen LogP contribution in [-0.2, 0) is 10.9 Å². The molecule has 0 saturated heterocycles. The molecule has 0 fully saturated rings. The average molecular weight is 244 g/mol. The van der Waals surface area contributed by atoms with Crippen molar-refractivity contribution in [3.05, 3.63) is 29.8 Å². The minimum Gasteiger partial charge on any atom is -0.493 e. The van der Waals surface area contributed by atoms with Gasteiger partial charge < -0.3 is 9.47 Å². The number of benzene rings is 1. The van der Waals surface area contributed by atoms with E-state index in [1.165, 1.54) is 19.2 Å². The predicted molar refractivity (Wildman–Crippen MR) is 42.8 cm³/mol. The molecule has 0 atom stereocenters. The number of para-hydroxylation sites is 1. The summed E-state index contributed by atoms with van der Waals surface area (Å²) in [5.41, 5.74) is -0.850.